The Morgan fingerprint density at radius 2 is 2.26 bits per heavy atom. The van der Waals surface area contributed by atoms with Gasteiger partial charge in [-0.3, -0.25) is 9.98 Å². The highest BCUT2D eigenvalue weighted by molar-refractivity contribution is 5.79. The molecule has 0 saturated carbocycles. The number of hydrogen-bond donors (Lipinski definition) is 2. The highest BCUT2D eigenvalue weighted by atomic mass is 16.5. The summed E-state index contributed by atoms with van der Waals surface area (Å²) in [6.45, 7) is 7.15. The van der Waals surface area contributed by atoms with Gasteiger partial charge >= 0.3 is 0 Å². The number of aromatic nitrogens is 1. The maximum absolute atomic E-state index is 4.99. The Balaban J connectivity index is 2.39. The van der Waals surface area contributed by atoms with Crippen molar-refractivity contribution in [1.29, 1.82) is 0 Å². The van der Waals surface area contributed by atoms with Crippen LogP contribution in [0.25, 0.3) is 0 Å². The number of hydrogen-bond acceptors (Lipinski definition) is 3. The molecule has 1 heterocycles. The van der Waals surface area contributed by atoms with Crippen molar-refractivity contribution < 1.29 is 4.74 Å². The Kier molecular flexibility index (Phi) is 7.58. The van der Waals surface area contributed by atoms with E-state index in [-0.39, 0.29) is 0 Å². The highest BCUT2D eigenvalue weighted by Crippen LogP contribution is 2.04. The van der Waals surface area contributed by atoms with Crippen LogP contribution >= 0.6 is 0 Å². The SMILES string of the molecule is CCNC(=NCCOC)NCCc1ccncc1C. The standard InChI is InChI=1S/C14H24N4O/c1-4-16-14(18-9-10-19-3)17-8-6-13-5-7-15-11-12(13)2/h5,7,11H,4,6,8-10H2,1-3H3,(H2,16,17,18). The van der Waals surface area contributed by atoms with E-state index in [0.717, 1.165) is 25.5 Å². The van der Waals surface area contributed by atoms with Gasteiger partial charge in [0.05, 0.1) is 13.2 Å². The van der Waals surface area contributed by atoms with E-state index in [1.54, 1.807) is 7.11 Å². The van der Waals surface area contributed by atoms with Crippen molar-refractivity contribution in [3.8, 4) is 0 Å². The quantitative estimate of drug-likeness (QED) is 0.440. The molecule has 0 spiro atoms. The first-order chi connectivity index (χ1) is 9.27. The van der Waals surface area contributed by atoms with Gasteiger partial charge in [0.2, 0.25) is 0 Å². The van der Waals surface area contributed by atoms with E-state index in [1.165, 1.54) is 11.1 Å². The maximum Gasteiger partial charge on any atom is 0.191 e. The molecule has 0 saturated heterocycles. The fourth-order valence-corrected chi connectivity index (χ4v) is 1.69. The number of pyridine rings is 1. The average Bonchev–Trinajstić information content (AvgIpc) is 2.41. The van der Waals surface area contributed by atoms with Gasteiger partial charge in [0.25, 0.3) is 0 Å². The van der Waals surface area contributed by atoms with Crippen molar-refractivity contribution in [2.24, 2.45) is 4.99 Å². The number of nitrogens with one attached hydrogen (secondary N) is 2. The molecule has 0 aliphatic rings. The second-order valence-corrected chi connectivity index (χ2v) is 4.23. The summed E-state index contributed by atoms with van der Waals surface area (Å²) in [5.41, 5.74) is 2.54. The Morgan fingerprint density at radius 3 is 2.95 bits per heavy atom. The predicted molar refractivity (Wildman–Crippen MR) is 78.5 cm³/mol. The molecule has 0 aliphatic heterocycles. The van der Waals surface area contributed by atoms with Gasteiger partial charge in [0.15, 0.2) is 5.96 Å². The molecule has 2 N–H and O–H groups in total. The molecular formula is C14H24N4O. The lowest BCUT2D eigenvalue weighted by atomic mass is 10.1. The zero-order valence-electron chi connectivity index (χ0n) is 12.1. The molecule has 5 heteroatoms. The van der Waals surface area contributed by atoms with Crippen molar-refractivity contribution in [2.45, 2.75) is 20.3 Å². The van der Waals surface area contributed by atoms with Crippen molar-refractivity contribution in [2.75, 3.05) is 33.4 Å². The van der Waals surface area contributed by atoms with Crippen LogP contribution in [0.2, 0.25) is 0 Å². The first kappa shape index (κ1) is 15.4. The van der Waals surface area contributed by atoms with Crippen LogP contribution in [-0.4, -0.2) is 44.3 Å². The summed E-state index contributed by atoms with van der Waals surface area (Å²) in [4.78, 5) is 8.51. The second kappa shape index (κ2) is 9.33. The Hall–Kier alpha value is -1.62. The van der Waals surface area contributed by atoms with Gasteiger partial charge in [-0.05, 0) is 37.5 Å². The number of methoxy groups -OCH3 is 1. The second-order valence-electron chi connectivity index (χ2n) is 4.23. The molecule has 19 heavy (non-hydrogen) atoms. The molecule has 0 aromatic carbocycles. The first-order valence-corrected chi connectivity index (χ1v) is 6.68. The Morgan fingerprint density at radius 1 is 1.42 bits per heavy atom. The van der Waals surface area contributed by atoms with Gasteiger partial charge < -0.3 is 15.4 Å². The maximum atomic E-state index is 4.99. The largest absolute Gasteiger partial charge is 0.383 e. The summed E-state index contributed by atoms with van der Waals surface area (Å²) in [6, 6.07) is 2.06. The third-order valence-corrected chi connectivity index (χ3v) is 2.73. The lowest BCUT2D eigenvalue weighted by molar-refractivity contribution is 0.208. The van der Waals surface area contributed by atoms with Crippen molar-refractivity contribution in [3.05, 3.63) is 29.6 Å². The van der Waals surface area contributed by atoms with Crippen molar-refractivity contribution in [1.82, 2.24) is 15.6 Å². The van der Waals surface area contributed by atoms with Gasteiger partial charge in [0.1, 0.15) is 0 Å². The summed E-state index contributed by atoms with van der Waals surface area (Å²) in [5, 5.41) is 6.53. The normalized spacial score (nSPS) is 11.4. The van der Waals surface area contributed by atoms with E-state index in [0.29, 0.717) is 13.2 Å². The molecule has 0 unspecified atom stereocenters. The number of nitrogens with zero attached hydrogens (tertiary/aromatic N) is 2. The summed E-state index contributed by atoms with van der Waals surface area (Å²) < 4.78 is 4.99. The summed E-state index contributed by atoms with van der Waals surface area (Å²) >= 11 is 0. The van der Waals surface area contributed by atoms with Crippen LogP contribution in [0, 0.1) is 6.92 Å². The van der Waals surface area contributed by atoms with Crippen LogP contribution in [0.1, 0.15) is 18.1 Å². The van der Waals surface area contributed by atoms with Crippen LogP contribution in [0.4, 0.5) is 0 Å². The highest BCUT2D eigenvalue weighted by Gasteiger charge is 1.99. The van der Waals surface area contributed by atoms with Crippen molar-refractivity contribution >= 4 is 5.96 Å². The topological polar surface area (TPSA) is 58.5 Å². The molecule has 1 rings (SSSR count). The fourth-order valence-electron chi connectivity index (χ4n) is 1.69. The number of ether oxygens (including phenoxy) is 1. The van der Waals surface area contributed by atoms with Crippen LogP contribution in [-0.2, 0) is 11.2 Å². The van der Waals surface area contributed by atoms with Crippen LogP contribution in [0.5, 0.6) is 0 Å². The third kappa shape index (κ3) is 6.20. The molecule has 5 nitrogen and oxygen atoms in total. The third-order valence-electron chi connectivity index (χ3n) is 2.73. The zero-order chi connectivity index (χ0) is 13.9. The molecule has 0 fully saturated rings. The average molecular weight is 264 g/mol. The number of guanidine groups is 1. The van der Waals surface area contributed by atoms with Crippen LogP contribution in [0.3, 0.4) is 0 Å². The molecule has 0 amide bonds. The Labute approximate surface area is 115 Å². The minimum Gasteiger partial charge on any atom is -0.383 e. The van der Waals surface area contributed by atoms with E-state index in [1.807, 2.05) is 12.4 Å². The van der Waals surface area contributed by atoms with Gasteiger partial charge in [-0.25, -0.2) is 0 Å². The van der Waals surface area contributed by atoms with Gasteiger partial charge in [-0.15, -0.1) is 0 Å². The van der Waals surface area contributed by atoms with Gasteiger partial charge in [-0.1, -0.05) is 0 Å². The smallest absolute Gasteiger partial charge is 0.191 e. The molecular weight excluding hydrogens is 240 g/mol. The molecule has 0 atom stereocenters. The fraction of sp³-hybridized carbons (Fsp3) is 0.571. The Bertz CT molecular complexity index is 393. The lowest BCUT2D eigenvalue weighted by Crippen LogP contribution is -2.38. The summed E-state index contributed by atoms with van der Waals surface area (Å²) in [6.07, 6.45) is 4.69. The predicted octanol–water partition coefficient (Wildman–Crippen LogP) is 1.13. The zero-order valence-corrected chi connectivity index (χ0v) is 12.1. The van der Waals surface area contributed by atoms with E-state index in [2.05, 4.69) is 40.5 Å². The van der Waals surface area contributed by atoms with E-state index < -0.39 is 0 Å². The van der Waals surface area contributed by atoms with Crippen molar-refractivity contribution in [3.63, 3.8) is 0 Å². The van der Waals surface area contributed by atoms with E-state index in [9.17, 15) is 0 Å². The van der Waals surface area contributed by atoms with Crippen LogP contribution < -0.4 is 10.6 Å². The molecule has 1 aromatic rings. The van der Waals surface area contributed by atoms with E-state index >= 15 is 0 Å². The summed E-state index contributed by atoms with van der Waals surface area (Å²) in [7, 11) is 1.68. The minimum absolute atomic E-state index is 0.639. The summed E-state index contributed by atoms with van der Waals surface area (Å²) in [5.74, 6) is 0.839. The van der Waals surface area contributed by atoms with Crippen LogP contribution in [0.15, 0.2) is 23.5 Å². The number of aryl methyl sites for hydroxylation is 1. The molecule has 0 aliphatic carbocycles. The van der Waals surface area contributed by atoms with E-state index in [4.69, 9.17) is 4.74 Å². The van der Waals surface area contributed by atoms with Gasteiger partial charge in [-0.2, -0.15) is 0 Å². The molecule has 0 radical (unpaired) electrons. The first-order valence-electron chi connectivity index (χ1n) is 6.68. The molecule has 1 aromatic heterocycles. The number of rotatable bonds is 7. The molecule has 106 valence electrons. The number of aliphatic imine (C=N–C) groups is 1. The van der Waals surface area contributed by atoms with Gasteiger partial charge in [0, 0.05) is 32.6 Å². The monoisotopic (exact) mass is 264 g/mol. The lowest BCUT2D eigenvalue weighted by Gasteiger charge is -2.11. The molecule has 0 bridgehead atoms. The minimum atomic E-state index is 0.639.